The number of aromatic nitrogens is 4. The van der Waals surface area contributed by atoms with Gasteiger partial charge in [0.2, 0.25) is 5.16 Å². The fourth-order valence-electron chi connectivity index (χ4n) is 4.69. The highest BCUT2D eigenvalue weighted by Gasteiger charge is 2.24. The second-order valence-electron chi connectivity index (χ2n) is 9.66. The minimum atomic E-state index is 0.741. The predicted molar refractivity (Wildman–Crippen MR) is 173 cm³/mol. The molecule has 204 valence electrons. The van der Waals surface area contributed by atoms with Crippen LogP contribution in [0.1, 0.15) is 18.4 Å². The summed E-state index contributed by atoms with van der Waals surface area (Å²) < 4.78 is 1.80. The molecule has 0 saturated carbocycles. The number of benzene rings is 3. The summed E-state index contributed by atoms with van der Waals surface area (Å²) in [5.74, 6) is 0. The van der Waals surface area contributed by atoms with Crippen molar-refractivity contribution in [1.82, 2.24) is 20.2 Å². The average molecular weight is 592 g/mol. The Kier molecular flexibility index (Phi) is 8.32. The van der Waals surface area contributed by atoms with Gasteiger partial charge in [0.1, 0.15) is 0 Å². The topological polar surface area (TPSA) is 46.8 Å². The van der Waals surface area contributed by atoms with Crippen molar-refractivity contribution in [3.8, 4) is 5.69 Å². The van der Waals surface area contributed by atoms with Crippen molar-refractivity contribution < 1.29 is 0 Å². The van der Waals surface area contributed by atoms with Gasteiger partial charge in [-0.3, -0.25) is 0 Å². The summed E-state index contributed by atoms with van der Waals surface area (Å²) in [7, 11) is 2.13. The molecule has 0 saturated heterocycles. The Labute approximate surface area is 253 Å². The lowest BCUT2D eigenvalue weighted by molar-refractivity contribution is 0.757. The molecule has 1 aliphatic heterocycles. The molecule has 6 rings (SSSR count). The molecule has 0 N–H and O–H groups in total. The van der Waals surface area contributed by atoms with Gasteiger partial charge in [-0.25, -0.2) is 0 Å². The number of fused-ring (bicyclic) bond motifs is 1. The van der Waals surface area contributed by atoms with E-state index >= 15 is 0 Å². The van der Waals surface area contributed by atoms with Crippen molar-refractivity contribution in [2.75, 3.05) is 11.9 Å². The fraction of sp³-hybridized carbons (Fsp3) is 0.121. The molecule has 0 unspecified atom stereocenters. The van der Waals surface area contributed by atoms with Crippen molar-refractivity contribution in [2.45, 2.75) is 34.7 Å². The lowest BCUT2D eigenvalue weighted by Gasteiger charge is -2.13. The molecule has 0 spiro atoms. The number of hydrogen-bond acceptors (Lipinski definition) is 7. The minimum absolute atomic E-state index is 0.741. The van der Waals surface area contributed by atoms with E-state index < -0.39 is 0 Å². The van der Waals surface area contributed by atoms with Gasteiger partial charge in [-0.05, 0) is 101 Å². The first-order chi connectivity index (χ1) is 20.1. The molecule has 0 radical (unpaired) electrons. The minimum Gasteiger partial charge on any atom is -0.338 e. The van der Waals surface area contributed by atoms with E-state index in [1.807, 2.05) is 30.3 Å². The third kappa shape index (κ3) is 6.15. The predicted octanol–water partition coefficient (Wildman–Crippen LogP) is 8.98. The number of hydrogen-bond donors (Lipinski definition) is 0. The van der Waals surface area contributed by atoms with Crippen LogP contribution < -0.4 is 4.90 Å². The third-order valence-corrected chi connectivity index (χ3v) is 10.3. The lowest BCUT2D eigenvalue weighted by Crippen LogP contribution is -2.09. The van der Waals surface area contributed by atoms with Crippen LogP contribution in [0.25, 0.3) is 5.69 Å². The number of para-hydroxylation sites is 2. The van der Waals surface area contributed by atoms with Gasteiger partial charge in [-0.15, -0.1) is 5.10 Å². The first-order valence-electron chi connectivity index (χ1n) is 13.3. The summed E-state index contributed by atoms with van der Waals surface area (Å²) in [6, 6.07) is 27.0. The van der Waals surface area contributed by atoms with Crippen LogP contribution in [0.4, 0.5) is 5.69 Å². The maximum Gasteiger partial charge on any atom is 0.218 e. The quantitative estimate of drug-likeness (QED) is 0.150. The molecule has 5 nitrogen and oxygen atoms in total. The SMILES string of the molecule is C=C(C=CC1=C(Sc2nnnn2-c2ccccc2)C(=CC=C2Sc3ccccc3N2C)CC1)Sc1ccccc1C. The standard InChI is InChI=1S/C33H29N5S3/c1-23-11-7-9-15-29(23)39-24(2)17-18-25-19-20-26(21-22-31-37(3)28-14-8-10-16-30(28)40-31)32(25)41-33-34-35-36-38(33)27-12-5-4-6-13-27/h4-18,21-22H,2,19-20H2,1,3H3. The van der Waals surface area contributed by atoms with E-state index in [2.05, 4.69) is 114 Å². The van der Waals surface area contributed by atoms with Crippen LogP contribution >= 0.6 is 35.3 Å². The zero-order chi connectivity index (χ0) is 28.2. The third-order valence-electron chi connectivity index (χ3n) is 6.89. The van der Waals surface area contributed by atoms with Gasteiger partial charge in [0, 0.05) is 26.6 Å². The molecule has 0 atom stereocenters. The number of nitrogens with zero attached hydrogens (tertiary/aromatic N) is 5. The van der Waals surface area contributed by atoms with E-state index in [4.69, 9.17) is 0 Å². The van der Waals surface area contributed by atoms with Gasteiger partial charge in [0.05, 0.1) is 16.4 Å². The molecule has 0 fully saturated rings. The van der Waals surface area contributed by atoms with Crippen LogP contribution in [0.2, 0.25) is 0 Å². The van der Waals surface area contributed by atoms with Crippen LogP contribution in [-0.2, 0) is 0 Å². The first-order valence-corrected chi connectivity index (χ1v) is 15.8. The number of rotatable bonds is 8. The molecule has 3 aromatic carbocycles. The largest absolute Gasteiger partial charge is 0.338 e. The van der Waals surface area contributed by atoms with Crippen molar-refractivity contribution in [1.29, 1.82) is 0 Å². The number of allylic oxidation sites excluding steroid dienone is 6. The molecular weight excluding hydrogens is 563 g/mol. The summed E-state index contributed by atoms with van der Waals surface area (Å²) in [6.45, 7) is 6.45. The molecule has 2 aliphatic rings. The Balaban J connectivity index is 1.31. The van der Waals surface area contributed by atoms with Crippen molar-refractivity contribution in [3.63, 3.8) is 0 Å². The summed E-state index contributed by atoms with van der Waals surface area (Å²) in [5, 5.41) is 14.6. The normalized spacial score (nSPS) is 16.9. The van der Waals surface area contributed by atoms with Gasteiger partial charge in [-0.2, -0.15) is 4.68 Å². The summed E-state index contributed by atoms with van der Waals surface area (Å²) in [4.78, 5) is 6.97. The van der Waals surface area contributed by atoms with Crippen molar-refractivity contribution in [2.24, 2.45) is 0 Å². The molecule has 8 heteroatoms. The highest BCUT2D eigenvalue weighted by atomic mass is 32.2. The van der Waals surface area contributed by atoms with E-state index in [0.29, 0.717) is 0 Å². The van der Waals surface area contributed by atoms with Crippen LogP contribution in [-0.4, -0.2) is 27.3 Å². The van der Waals surface area contributed by atoms with E-state index in [0.717, 1.165) is 28.6 Å². The molecule has 41 heavy (non-hydrogen) atoms. The molecule has 0 amide bonds. The second kappa shape index (κ2) is 12.4. The number of anilines is 1. The van der Waals surface area contributed by atoms with E-state index in [-0.39, 0.29) is 0 Å². The average Bonchev–Trinajstić information content (AvgIpc) is 3.70. The molecular formula is C33H29N5S3. The molecule has 2 heterocycles. The van der Waals surface area contributed by atoms with Gasteiger partial charge in [-0.1, -0.05) is 90.8 Å². The Hall–Kier alpha value is -3.72. The van der Waals surface area contributed by atoms with Crippen molar-refractivity contribution >= 4 is 41.0 Å². The summed E-state index contributed by atoms with van der Waals surface area (Å²) >= 11 is 5.13. The molecule has 1 aliphatic carbocycles. The Morgan fingerprint density at radius 3 is 2.56 bits per heavy atom. The van der Waals surface area contributed by atoms with Gasteiger partial charge in [0.15, 0.2) is 0 Å². The maximum absolute atomic E-state index is 4.39. The zero-order valence-electron chi connectivity index (χ0n) is 22.9. The Morgan fingerprint density at radius 2 is 1.73 bits per heavy atom. The molecule has 1 aromatic heterocycles. The van der Waals surface area contributed by atoms with E-state index in [1.165, 1.54) is 42.1 Å². The molecule has 4 aromatic rings. The second-order valence-corrected chi connectivity index (χ2v) is 12.9. The number of thioether (sulfide) groups is 3. The number of aryl methyl sites for hydroxylation is 1. The lowest BCUT2D eigenvalue weighted by atomic mass is 10.2. The summed E-state index contributed by atoms with van der Waals surface area (Å²) in [5.41, 5.74) is 5.99. The summed E-state index contributed by atoms with van der Waals surface area (Å²) in [6.07, 6.45) is 10.8. The first kappa shape index (κ1) is 27.4. The van der Waals surface area contributed by atoms with Gasteiger partial charge in [0.25, 0.3) is 0 Å². The van der Waals surface area contributed by atoms with Gasteiger partial charge >= 0.3 is 0 Å². The van der Waals surface area contributed by atoms with E-state index in [9.17, 15) is 0 Å². The number of tetrazole rings is 1. The van der Waals surface area contributed by atoms with Gasteiger partial charge < -0.3 is 4.90 Å². The smallest absolute Gasteiger partial charge is 0.218 e. The molecule has 0 bridgehead atoms. The monoisotopic (exact) mass is 591 g/mol. The Bertz CT molecular complexity index is 1720. The highest BCUT2D eigenvalue weighted by molar-refractivity contribution is 8.04. The fourth-order valence-corrected chi connectivity index (χ4v) is 7.63. The highest BCUT2D eigenvalue weighted by Crippen LogP contribution is 2.46. The van der Waals surface area contributed by atoms with Crippen molar-refractivity contribution in [3.05, 3.63) is 141 Å². The van der Waals surface area contributed by atoms with Crippen LogP contribution in [0, 0.1) is 6.92 Å². The zero-order valence-corrected chi connectivity index (χ0v) is 25.3. The van der Waals surface area contributed by atoms with Crippen LogP contribution in [0.3, 0.4) is 0 Å². The maximum atomic E-state index is 4.39. The van der Waals surface area contributed by atoms with Crippen LogP contribution in [0.15, 0.2) is 151 Å². The van der Waals surface area contributed by atoms with Crippen LogP contribution in [0.5, 0.6) is 0 Å². The van der Waals surface area contributed by atoms with E-state index in [1.54, 1.807) is 40.0 Å². The Morgan fingerprint density at radius 1 is 0.951 bits per heavy atom.